The number of rotatable bonds is 0. The average Bonchev–Trinajstić information content (AvgIpc) is 1.80. The number of nitrogens with zero attached hydrogens (tertiary/aromatic N) is 1. The van der Waals surface area contributed by atoms with Gasteiger partial charge >= 0.3 is 83.8 Å². The summed E-state index contributed by atoms with van der Waals surface area (Å²) in [4.78, 5) is 3.99. The van der Waals surface area contributed by atoms with Gasteiger partial charge in [0.1, 0.15) is 0 Å². The number of hydrogen-bond acceptors (Lipinski definition) is 2. The van der Waals surface area contributed by atoms with Crippen LogP contribution < -0.4 is 8.86 Å². The molecule has 4 heteroatoms. The van der Waals surface area contributed by atoms with Crippen molar-refractivity contribution in [3.8, 4) is 0 Å². The van der Waals surface area contributed by atoms with Gasteiger partial charge in [-0.1, -0.05) is 0 Å². The maximum atomic E-state index is 5.49. The Morgan fingerprint density at radius 2 is 2.33 bits per heavy atom. The minimum atomic E-state index is 0.639. The third-order valence-corrected chi connectivity index (χ3v) is 2.98. The molecule has 0 saturated carbocycles. The summed E-state index contributed by atoms with van der Waals surface area (Å²) < 4.78 is 2.38. The van der Waals surface area contributed by atoms with Gasteiger partial charge in [-0.25, -0.2) is 0 Å². The molecule has 2 nitrogen and oxygen atoms in total. The van der Waals surface area contributed by atoms with Gasteiger partial charge in [-0.2, -0.15) is 0 Å². The molecule has 0 aromatic carbocycles. The second-order valence-electron chi connectivity index (χ2n) is 1.64. The molecule has 0 aliphatic rings. The molecule has 0 bridgehead atoms. The van der Waals surface area contributed by atoms with Gasteiger partial charge in [-0.15, -0.1) is 0 Å². The van der Waals surface area contributed by atoms with Gasteiger partial charge < -0.3 is 0 Å². The molecule has 9 heavy (non-hydrogen) atoms. The molecule has 0 saturated heterocycles. The number of anilines is 1. The van der Waals surface area contributed by atoms with Crippen molar-refractivity contribution in [1.29, 1.82) is 0 Å². The van der Waals surface area contributed by atoms with E-state index in [0.29, 0.717) is 5.82 Å². The fourth-order valence-corrected chi connectivity index (χ4v) is 3.22. The van der Waals surface area contributed by atoms with Gasteiger partial charge in [0.05, 0.1) is 0 Å². The van der Waals surface area contributed by atoms with Crippen LogP contribution in [-0.4, -0.2) is 30.8 Å². The third kappa shape index (κ3) is 2.03. The summed E-state index contributed by atoms with van der Waals surface area (Å²) in [5, 5.41) is 0. The van der Waals surface area contributed by atoms with Gasteiger partial charge in [0.15, 0.2) is 0 Å². The monoisotopic (exact) mass is 424 g/mol. The van der Waals surface area contributed by atoms with Crippen molar-refractivity contribution in [2.45, 2.75) is 0 Å². The molecule has 0 radical (unpaired) electrons. The first kappa shape index (κ1) is 7.71. The Hall–Kier alpha value is 0.602. The first-order valence-electron chi connectivity index (χ1n) is 2.36. The molecule has 0 spiro atoms. The molecule has 1 aromatic rings. The SMILES string of the molecule is Nc1nc[c]([Tl])cc1I. The third-order valence-electron chi connectivity index (χ3n) is 0.891. The number of hydrogen-bond donors (Lipinski definition) is 1. The Bertz CT molecular complexity index is 226. The van der Waals surface area contributed by atoms with E-state index in [9.17, 15) is 0 Å². The predicted molar refractivity (Wildman–Crippen MR) is 46.8 cm³/mol. The van der Waals surface area contributed by atoms with E-state index in [4.69, 9.17) is 5.73 Å². The standard InChI is InChI=1S/C5H4IN2.Tl/c6-4-2-1-3-8-5(4)7;/h2-3H,(H2,7,8);. The van der Waals surface area contributed by atoms with Crippen LogP contribution in [0, 0.1) is 3.57 Å². The average molecular weight is 423 g/mol. The van der Waals surface area contributed by atoms with Gasteiger partial charge in [0, 0.05) is 0 Å². The van der Waals surface area contributed by atoms with Crippen LogP contribution in [0.5, 0.6) is 0 Å². The number of halogens is 1. The van der Waals surface area contributed by atoms with E-state index in [1.54, 1.807) is 0 Å². The van der Waals surface area contributed by atoms with E-state index < -0.39 is 0 Å². The summed E-state index contributed by atoms with van der Waals surface area (Å²) in [6.07, 6.45) is 1.84. The van der Waals surface area contributed by atoms with E-state index in [2.05, 4.69) is 33.6 Å². The van der Waals surface area contributed by atoms with Crippen molar-refractivity contribution in [3.05, 3.63) is 15.8 Å². The Labute approximate surface area is 83.1 Å². The van der Waals surface area contributed by atoms with E-state index in [0.717, 1.165) is 29.3 Å². The van der Waals surface area contributed by atoms with Crippen molar-refractivity contribution in [2.75, 3.05) is 5.73 Å². The van der Waals surface area contributed by atoms with Crippen molar-refractivity contribution in [3.63, 3.8) is 0 Å². The van der Waals surface area contributed by atoms with Crippen LogP contribution >= 0.6 is 22.6 Å². The second kappa shape index (κ2) is 3.13. The van der Waals surface area contributed by atoms with Gasteiger partial charge in [-0.05, 0) is 0 Å². The Kier molecular flexibility index (Phi) is 2.68. The van der Waals surface area contributed by atoms with E-state index in [-0.39, 0.29) is 0 Å². The van der Waals surface area contributed by atoms with Gasteiger partial charge in [0.25, 0.3) is 0 Å². The predicted octanol–water partition coefficient (Wildman–Crippen LogP) is 0.0622. The molecule has 1 rings (SSSR count). The normalized spacial score (nSPS) is 9.33. The molecule has 2 N–H and O–H groups in total. The van der Waals surface area contributed by atoms with Crippen molar-refractivity contribution in [1.82, 2.24) is 4.98 Å². The van der Waals surface area contributed by atoms with Gasteiger partial charge in [-0.3, -0.25) is 0 Å². The second-order valence-corrected chi connectivity index (χ2v) is 5.39. The fourth-order valence-electron chi connectivity index (χ4n) is 0.463. The molecule has 1 heterocycles. The zero-order valence-electron chi connectivity index (χ0n) is 4.63. The van der Waals surface area contributed by atoms with Crippen molar-refractivity contribution >= 4 is 57.3 Å². The van der Waals surface area contributed by atoms with Crippen molar-refractivity contribution < 1.29 is 0 Å². The summed E-state index contributed by atoms with van der Waals surface area (Å²) in [6, 6.07) is 2.08. The number of nitrogen functional groups attached to an aromatic ring is 1. The first-order valence-corrected chi connectivity index (χ1v) is 5.69. The molecule has 0 unspecified atom stereocenters. The van der Waals surface area contributed by atoms with E-state index >= 15 is 0 Å². The number of nitrogens with two attached hydrogens (primary N) is 1. The minimum absolute atomic E-state index is 0.639. The summed E-state index contributed by atoms with van der Waals surface area (Å²) in [5.74, 6) is 0.639. The molecule has 44 valence electrons. The summed E-state index contributed by atoms with van der Waals surface area (Å²) in [5.41, 5.74) is 5.49. The molecule has 1 aromatic heterocycles. The van der Waals surface area contributed by atoms with E-state index in [1.807, 2.05) is 6.20 Å². The first-order chi connectivity index (χ1) is 4.20. The zero-order valence-corrected chi connectivity index (χ0v) is 11.3. The van der Waals surface area contributed by atoms with Crippen LogP contribution in [0.15, 0.2) is 12.3 Å². The summed E-state index contributed by atoms with van der Waals surface area (Å²) in [7, 11) is 0. The fraction of sp³-hybridized carbons (Fsp3) is 0. The Morgan fingerprint density at radius 1 is 1.67 bits per heavy atom. The Morgan fingerprint density at radius 3 is 2.78 bits per heavy atom. The topological polar surface area (TPSA) is 38.9 Å². The number of pyridine rings is 1. The molecule has 0 atom stereocenters. The van der Waals surface area contributed by atoms with Crippen LogP contribution in [0.2, 0.25) is 0 Å². The van der Waals surface area contributed by atoms with Crippen LogP contribution in [0.3, 0.4) is 0 Å². The van der Waals surface area contributed by atoms with Gasteiger partial charge in [0.2, 0.25) is 0 Å². The maximum absolute atomic E-state index is 5.49. The van der Waals surface area contributed by atoms with Crippen LogP contribution in [0.25, 0.3) is 0 Å². The quantitative estimate of drug-likeness (QED) is 0.474. The van der Waals surface area contributed by atoms with E-state index in [1.165, 1.54) is 3.12 Å². The van der Waals surface area contributed by atoms with Crippen molar-refractivity contribution in [2.24, 2.45) is 0 Å². The zero-order chi connectivity index (χ0) is 6.85. The number of aromatic nitrogens is 1. The molecular formula is C5H4IN2Tl. The Balaban J connectivity index is 3.17. The molecule has 0 fully saturated rings. The van der Waals surface area contributed by atoms with Crippen LogP contribution in [0.1, 0.15) is 0 Å². The molecule has 0 amide bonds. The molecule has 0 aliphatic carbocycles. The molecular weight excluding hydrogens is 419 g/mol. The molecule has 0 aliphatic heterocycles. The summed E-state index contributed by atoms with van der Waals surface area (Å²) >= 11 is 3.05. The summed E-state index contributed by atoms with van der Waals surface area (Å²) in [6.45, 7) is 0. The van der Waals surface area contributed by atoms with Crippen LogP contribution in [-0.2, 0) is 0 Å². The van der Waals surface area contributed by atoms with Crippen LogP contribution in [0.4, 0.5) is 5.82 Å².